The minimum absolute atomic E-state index is 0.298. The lowest BCUT2D eigenvalue weighted by Crippen LogP contribution is -1.97. The topological polar surface area (TPSA) is 57.4 Å². The lowest BCUT2D eigenvalue weighted by Gasteiger charge is -2.08. The lowest BCUT2D eigenvalue weighted by atomic mass is 10.2. The summed E-state index contributed by atoms with van der Waals surface area (Å²) >= 11 is 1.58. The highest BCUT2D eigenvalue weighted by Gasteiger charge is 2.13. The van der Waals surface area contributed by atoms with Crippen molar-refractivity contribution >= 4 is 11.8 Å². The average molecular weight is 358 g/mol. The third-order valence-corrected chi connectivity index (χ3v) is 4.64. The van der Waals surface area contributed by atoms with Crippen LogP contribution in [0, 0.1) is 5.82 Å². The Labute approximate surface area is 148 Å². The minimum Gasteiger partial charge on any atom is -0.490 e. The number of ether oxygens (including phenoxy) is 2. The summed E-state index contributed by atoms with van der Waals surface area (Å²) in [5.74, 6) is 2.77. The normalized spacial score (nSPS) is 13.5. The fraction of sp³-hybridized carbons (Fsp3) is 0.222. The number of rotatable bonds is 4. The summed E-state index contributed by atoms with van der Waals surface area (Å²) in [7, 11) is 0. The molecule has 5 nitrogen and oxygen atoms in total. The van der Waals surface area contributed by atoms with Crippen LogP contribution >= 0.6 is 11.8 Å². The highest BCUT2D eigenvalue weighted by molar-refractivity contribution is 7.98. The van der Waals surface area contributed by atoms with Crippen LogP contribution in [-0.4, -0.2) is 23.4 Å². The third kappa shape index (κ3) is 3.76. The molecule has 0 saturated heterocycles. The van der Waals surface area contributed by atoms with Crippen molar-refractivity contribution in [1.82, 2.24) is 10.1 Å². The summed E-state index contributed by atoms with van der Waals surface area (Å²) in [6.45, 7) is 1.33. The first-order valence-corrected chi connectivity index (χ1v) is 8.87. The van der Waals surface area contributed by atoms with Crippen LogP contribution in [0.25, 0.3) is 11.5 Å². The molecule has 2 aromatic carbocycles. The van der Waals surface area contributed by atoms with Gasteiger partial charge in [-0.1, -0.05) is 5.16 Å². The molecule has 1 aromatic heterocycles. The van der Waals surface area contributed by atoms with Gasteiger partial charge in [-0.25, -0.2) is 4.39 Å². The van der Waals surface area contributed by atoms with E-state index in [4.69, 9.17) is 14.0 Å². The highest BCUT2D eigenvalue weighted by Crippen LogP contribution is 2.34. The molecule has 128 valence electrons. The van der Waals surface area contributed by atoms with Crippen LogP contribution < -0.4 is 9.47 Å². The molecule has 0 bridgehead atoms. The summed E-state index contributed by atoms with van der Waals surface area (Å²) < 4.78 is 29.5. The van der Waals surface area contributed by atoms with E-state index in [-0.39, 0.29) is 5.82 Å². The SMILES string of the molecule is Fc1ccc(-c2nc(CSc3ccc4c(c3)OCCCO4)no2)cc1. The summed E-state index contributed by atoms with van der Waals surface area (Å²) in [6, 6.07) is 11.8. The third-order valence-electron chi connectivity index (χ3n) is 3.65. The van der Waals surface area contributed by atoms with Crippen LogP contribution in [0.15, 0.2) is 51.9 Å². The zero-order valence-electron chi connectivity index (χ0n) is 13.3. The quantitative estimate of drug-likeness (QED) is 0.647. The van der Waals surface area contributed by atoms with Crippen molar-refractivity contribution in [2.45, 2.75) is 17.1 Å². The first kappa shape index (κ1) is 16.0. The Morgan fingerprint density at radius 2 is 1.80 bits per heavy atom. The van der Waals surface area contributed by atoms with Gasteiger partial charge in [-0.15, -0.1) is 11.8 Å². The number of fused-ring (bicyclic) bond motifs is 1. The van der Waals surface area contributed by atoms with E-state index < -0.39 is 0 Å². The van der Waals surface area contributed by atoms with Crippen LogP contribution in [-0.2, 0) is 5.75 Å². The Morgan fingerprint density at radius 1 is 1.00 bits per heavy atom. The molecule has 1 aliphatic rings. The van der Waals surface area contributed by atoms with E-state index in [0.717, 1.165) is 22.8 Å². The van der Waals surface area contributed by atoms with Crippen molar-refractivity contribution < 1.29 is 18.4 Å². The zero-order chi connectivity index (χ0) is 17.1. The monoisotopic (exact) mass is 358 g/mol. The van der Waals surface area contributed by atoms with Gasteiger partial charge in [-0.2, -0.15) is 4.98 Å². The number of benzene rings is 2. The largest absolute Gasteiger partial charge is 0.490 e. The van der Waals surface area contributed by atoms with Crippen molar-refractivity contribution in [3.05, 3.63) is 54.1 Å². The van der Waals surface area contributed by atoms with E-state index in [1.807, 2.05) is 18.2 Å². The fourth-order valence-electron chi connectivity index (χ4n) is 2.40. The van der Waals surface area contributed by atoms with Crippen LogP contribution in [0.3, 0.4) is 0 Å². The molecule has 0 radical (unpaired) electrons. The van der Waals surface area contributed by atoms with E-state index >= 15 is 0 Å². The second-order valence-electron chi connectivity index (χ2n) is 5.47. The highest BCUT2D eigenvalue weighted by atomic mass is 32.2. The maximum Gasteiger partial charge on any atom is 0.257 e. The van der Waals surface area contributed by atoms with Crippen LogP contribution in [0.2, 0.25) is 0 Å². The van der Waals surface area contributed by atoms with Crippen molar-refractivity contribution in [2.75, 3.05) is 13.2 Å². The van der Waals surface area contributed by atoms with Crippen molar-refractivity contribution in [1.29, 1.82) is 0 Å². The molecule has 3 aromatic rings. The number of hydrogen-bond donors (Lipinski definition) is 0. The van der Waals surface area contributed by atoms with Gasteiger partial charge in [0.05, 0.1) is 19.0 Å². The van der Waals surface area contributed by atoms with Crippen molar-refractivity contribution in [3.8, 4) is 23.0 Å². The Bertz CT molecular complexity index is 867. The molecule has 25 heavy (non-hydrogen) atoms. The van der Waals surface area contributed by atoms with Gasteiger partial charge in [0, 0.05) is 16.9 Å². The van der Waals surface area contributed by atoms with E-state index in [0.29, 0.717) is 36.2 Å². The van der Waals surface area contributed by atoms with Gasteiger partial charge in [-0.3, -0.25) is 0 Å². The predicted octanol–water partition coefficient (Wildman–Crippen LogP) is 4.33. The lowest BCUT2D eigenvalue weighted by molar-refractivity contribution is 0.297. The molecule has 1 aliphatic heterocycles. The van der Waals surface area contributed by atoms with E-state index in [2.05, 4.69) is 10.1 Å². The Balaban J connectivity index is 1.43. The average Bonchev–Trinajstić information content (AvgIpc) is 2.98. The Hall–Kier alpha value is -2.54. The maximum absolute atomic E-state index is 13.0. The van der Waals surface area contributed by atoms with Crippen LogP contribution in [0.5, 0.6) is 11.5 Å². The smallest absolute Gasteiger partial charge is 0.257 e. The fourth-order valence-corrected chi connectivity index (χ4v) is 3.17. The van der Waals surface area contributed by atoms with Gasteiger partial charge < -0.3 is 14.0 Å². The summed E-state index contributed by atoms with van der Waals surface area (Å²) in [5, 5.41) is 3.98. The van der Waals surface area contributed by atoms with Gasteiger partial charge in [0.15, 0.2) is 17.3 Å². The molecule has 0 N–H and O–H groups in total. The number of thioether (sulfide) groups is 1. The number of hydrogen-bond acceptors (Lipinski definition) is 6. The molecule has 0 atom stereocenters. The maximum atomic E-state index is 13.0. The van der Waals surface area contributed by atoms with E-state index in [9.17, 15) is 4.39 Å². The van der Waals surface area contributed by atoms with Gasteiger partial charge in [0.1, 0.15) is 5.82 Å². The summed E-state index contributed by atoms with van der Waals surface area (Å²) in [5.41, 5.74) is 0.695. The van der Waals surface area contributed by atoms with E-state index in [1.165, 1.54) is 12.1 Å². The number of aromatic nitrogens is 2. The van der Waals surface area contributed by atoms with Gasteiger partial charge >= 0.3 is 0 Å². The van der Waals surface area contributed by atoms with Gasteiger partial charge in [-0.05, 0) is 42.5 Å². The van der Waals surface area contributed by atoms with Gasteiger partial charge in [0.25, 0.3) is 5.89 Å². The van der Waals surface area contributed by atoms with Crippen molar-refractivity contribution in [2.24, 2.45) is 0 Å². The second kappa shape index (κ2) is 7.14. The Kier molecular flexibility index (Phi) is 4.56. The predicted molar refractivity (Wildman–Crippen MR) is 91.3 cm³/mol. The molecule has 0 saturated carbocycles. The molecule has 0 amide bonds. The molecule has 7 heteroatoms. The Morgan fingerprint density at radius 3 is 2.64 bits per heavy atom. The summed E-state index contributed by atoms with van der Waals surface area (Å²) in [6.07, 6.45) is 0.881. The first-order chi connectivity index (χ1) is 12.3. The molecule has 0 unspecified atom stereocenters. The molecule has 0 aliphatic carbocycles. The molecule has 0 fully saturated rings. The van der Waals surface area contributed by atoms with Crippen molar-refractivity contribution in [3.63, 3.8) is 0 Å². The second-order valence-corrected chi connectivity index (χ2v) is 6.52. The standard InChI is InChI=1S/C18H15FN2O3S/c19-13-4-2-12(3-5-13)18-20-17(21-24-18)11-25-14-6-7-15-16(10-14)23-9-1-8-22-15/h2-7,10H,1,8-9,11H2. The first-order valence-electron chi connectivity index (χ1n) is 7.89. The van der Waals surface area contributed by atoms with Crippen LogP contribution in [0.4, 0.5) is 4.39 Å². The van der Waals surface area contributed by atoms with E-state index in [1.54, 1.807) is 23.9 Å². The molecule has 4 rings (SSSR count). The molecular weight excluding hydrogens is 343 g/mol. The molecule has 0 spiro atoms. The molecule has 2 heterocycles. The van der Waals surface area contributed by atoms with Crippen LogP contribution in [0.1, 0.15) is 12.2 Å². The zero-order valence-corrected chi connectivity index (χ0v) is 14.1. The number of halogens is 1. The van der Waals surface area contributed by atoms with Gasteiger partial charge in [0.2, 0.25) is 0 Å². The number of nitrogens with zero attached hydrogens (tertiary/aromatic N) is 2. The summed E-state index contributed by atoms with van der Waals surface area (Å²) in [4.78, 5) is 5.39. The minimum atomic E-state index is -0.298. The molecular formula is C18H15FN2O3S.